The summed E-state index contributed by atoms with van der Waals surface area (Å²) in [6.45, 7) is 2.03. The molecule has 1 aromatic rings. The van der Waals surface area contributed by atoms with Crippen LogP contribution < -0.4 is 0 Å². The van der Waals surface area contributed by atoms with E-state index in [1.807, 2.05) is 0 Å². The first-order valence-electron chi connectivity index (χ1n) is 9.86. The molecule has 0 amide bonds. The summed E-state index contributed by atoms with van der Waals surface area (Å²) in [6, 6.07) is 4.00. The van der Waals surface area contributed by atoms with E-state index in [4.69, 9.17) is 11.6 Å². The lowest BCUT2D eigenvalue weighted by Crippen LogP contribution is -2.50. The zero-order valence-electron chi connectivity index (χ0n) is 16.8. The van der Waals surface area contributed by atoms with Crippen molar-refractivity contribution < 1.29 is 28.6 Å². The number of allylic oxidation sites excluding steroid dienone is 2. The van der Waals surface area contributed by atoms with Gasteiger partial charge in [-0.1, -0.05) is 30.5 Å². The number of aliphatic carboxylic acids is 2. The summed E-state index contributed by atoms with van der Waals surface area (Å²) in [7, 11) is 0. The summed E-state index contributed by atoms with van der Waals surface area (Å²) < 4.78 is 28.6. The molecule has 1 aromatic carbocycles. The van der Waals surface area contributed by atoms with Crippen LogP contribution in [0, 0.1) is 11.7 Å². The van der Waals surface area contributed by atoms with Crippen LogP contribution >= 0.6 is 11.6 Å². The Morgan fingerprint density at radius 1 is 1.13 bits per heavy atom. The van der Waals surface area contributed by atoms with Crippen molar-refractivity contribution in [3.63, 3.8) is 0 Å². The molecule has 0 saturated heterocycles. The van der Waals surface area contributed by atoms with E-state index < -0.39 is 35.8 Å². The Balaban J connectivity index is 2.54. The lowest BCUT2D eigenvalue weighted by molar-refractivity contribution is -0.135. The van der Waals surface area contributed by atoms with Gasteiger partial charge in [0.2, 0.25) is 0 Å². The van der Waals surface area contributed by atoms with E-state index in [0.29, 0.717) is 12.8 Å². The van der Waals surface area contributed by atoms with Gasteiger partial charge in [-0.2, -0.15) is 0 Å². The molecule has 1 heterocycles. The molecule has 1 aliphatic heterocycles. The first-order chi connectivity index (χ1) is 14.2. The van der Waals surface area contributed by atoms with E-state index in [9.17, 15) is 24.2 Å². The van der Waals surface area contributed by atoms with Gasteiger partial charge < -0.3 is 15.1 Å². The average Bonchev–Trinajstić information content (AvgIpc) is 3.19. The van der Waals surface area contributed by atoms with Gasteiger partial charge in [-0.25, -0.2) is 18.4 Å². The maximum Gasteiger partial charge on any atom is 0.334 e. The number of carbonyl (C=O) groups is 2. The fraction of sp³-hybridized carbons (Fsp3) is 0.455. The van der Waals surface area contributed by atoms with Crippen LogP contribution in [0.1, 0.15) is 45.1 Å². The molecule has 0 bridgehead atoms. The van der Waals surface area contributed by atoms with Crippen LogP contribution in [0.5, 0.6) is 0 Å². The van der Waals surface area contributed by atoms with Gasteiger partial charge in [-0.3, -0.25) is 0 Å². The molecule has 1 aliphatic carbocycles. The molecule has 0 radical (unpaired) electrons. The third-order valence-electron chi connectivity index (χ3n) is 6.38. The molecule has 1 fully saturated rings. The number of benzene rings is 1. The maximum absolute atomic E-state index is 15.3. The Labute approximate surface area is 178 Å². The lowest BCUT2D eigenvalue weighted by Gasteiger charge is -2.48. The number of hydrogen-bond donors (Lipinski definition) is 2. The van der Waals surface area contributed by atoms with Gasteiger partial charge in [0.15, 0.2) is 0 Å². The van der Waals surface area contributed by atoms with Gasteiger partial charge in [0.05, 0.1) is 23.1 Å². The number of halogens is 3. The minimum atomic E-state index is -1.78. The Hall–Kier alpha value is -2.41. The Morgan fingerprint density at radius 3 is 2.10 bits per heavy atom. The smallest absolute Gasteiger partial charge is 0.334 e. The summed E-state index contributed by atoms with van der Waals surface area (Å²) in [4.78, 5) is 26.6. The summed E-state index contributed by atoms with van der Waals surface area (Å²) in [5.74, 6) is -3.96. The molecular weight excluding hydrogens is 416 g/mol. The van der Waals surface area contributed by atoms with Gasteiger partial charge in [0.1, 0.15) is 12.5 Å². The second kappa shape index (κ2) is 8.38. The molecule has 2 N–H and O–H groups in total. The number of hydrogen-bond acceptors (Lipinski definition) is 3. The van der Waals surface area contributed by atoms with Crippen molar-refractivity contribution in [3.05, 3.63) is 57.1 Å². The van der Waals surface area contributed by atoms with Crippen molar-refractivity contribution in [2.75, 3.05) is 13.2 Å². The highest BCUT2D eigenvalue weighted by molar-refractivity contribution is 6.31. The molecule has 0 aromatic heterocycles. The van der Waals surface area contributed by atoms with Gasteiger partial charge in [-0.15, -0.1) is 0 Å². The molecule has 1 saturated carbocycles. The number of alkyl halides is 1. The van der Waals surface area contributed by atoms with Crippen LogP contribution in [-0.2, 0) is 15.0 Å². The number of carboxylic acid groups (broad SMARTS) is 2. The van der Waals surface area contributed by atoms with Gasteiger partial charge in [0, 0.05) is 22.0 Å². The van der Waals surface area contributed by atoms with Crippen LogP contribution in [0.3, 0.4) is 0 Å². The Bertz CT molecular complexity index is 892. The molecular formula is C22H24ClF2NO4. The zero-order valence-corrected chi connectivity index (χ0v) is 17.6. The minimum absolute atomic E-state index is 0.0288. The first kappa shape index (κ1) is 22.3. The summed E-state index contributed by atoms with van der Waals surface area (Å²) >= 11 is 6.42. The molecule has 5 nitrogen and oxygen atoms in total. The largest absolute Gasteiger partial charge is 0.478 e. The topological polar surface area (TPSA) is 77.8 Å². The van der Waals surface area contributed by atoms with E-state index in [0.717, 1.165) is 18.9 Å². The standard InChI is InChI=1S/C22H24ClF2NO4/c1-12-17(20(27)28)22(14-6-3-4-7-14,19-15(23)8-5-9-16(19)25)18(21(29)30)13(2)26(12)11-10-24/h5,8-9,14H,3-4,6-7,10-11H2,1-2H3,(H,27,28)(H,29,30). The van der Waals surface area contributed by atoms with Crippen molar-refractivity contribution in [3.8, 4) is 0 Å². The molecule has 8 heteroatoms. The highest BCUT2D eigenvalue weighted by Crippen LogP contribution is 2.57. The van der Waals surface area contributed by atoms with Crippen LogP contribution in [0.25, 0.3) is 0 Å². The van der Waals surface area contributed by atoms with Crippen molar-refractivity contribution in [1.82, 2.24) is 4.90 Å². The van der Waals surface area contributed by atoms with Crippen LogP contribution in [0.2, 0.25) is 5.02 Å². The predicted octanol–water partition coefficient (Wildman–Crippen LogP) is 4.91. The Morgan fingerprint density at radius 2 is 1.67 bits per heavy atom. The third-order valence-corrected chi connectivity index (χ3v) is 6.70. The summed E-state index contributed by atoms with van der Waals surface area (Å²) in [6.07, 6.45) is 2.60. The van der Waals surface area contributed by atoms with Gasteiger partial charge in [0.25, 0.3) is 0 Å². The molecule has 162 valence electrons. The van der Waals surface area contributed by atoms with Crippen molar-refractivity contribution in [2.24, 2.45) is 5.92 Å². The fourth-order valence-electron chi connectivity index (χ4n) is 5.38. The molecule has 0 atom stereocenters. The molecule has 0 spiro atoms. The van der Waals surface area contributed by atoms with Crippen molar-refractivity contribution in [1.29, 1.82) is 0 Å². The maximum atomic E-state index is 15.3. The van der Waals surface area contributed by atoms with Gasteiger partial charge in [-0.05, 0) is 44.7 Å². The van der Waals surface area contributed by atoms with E-state index >= 15 is 4.39 Å². The minimum Gasteiger partial charge on any atom is -0.478 e. The molecule has 3 rings (SSSR count). The zero-order chi connectivity index (χ0) is 22.2. The predicted molar refractivity (Wildman–Crippen MR) is 108 cm³/mol. The van der Waals surface area contributed by atoms with Crippen molar-refractivity contribution >= 4 is 23.5 Å². The molecule has 2 aliphatic rings. The monoisotopic (exact) mass is 439 g/mol. The van der Waals surface area contributed by atoms with Crippen molar-refractivity contribution in [2.45, 2.75) is 44.9 Å². The van der Waals surface area contributed by atoms with Crippen LogP contribution in [0.15, 0.2) is 40.7 Å². The molecule has 0 unspecified atom stereocenters. The number of nitrogens with zero attached hydrogens (tertiary/aromatic N) is 1. The van der Waals surface area contributed by atoms with E-state index in [1.54, 1.807) is 0 Å². The average molecular weight is 440 g/mol. The second-order valence-electron chi connectivity index (χ2n) is 7.76. The number of rotatable bonds is 6. The first-order valence-corrected chi connectivity index (χ1v) is 10.2. The van der Waals surface area contributed by atoms with Crippen LogP contribution in [0.4, 0.5) is 8.78 Å². The Kier molecular flexibility index (Phi) is 6.22. The van der Waals surface area contributed by atoms with E-state index in [2.05, 4.69) is 0 Å². The normalized spacial score (nSPS) is 19.6. The fourth-order valence-corrected chi connectivity index (χ4v) is 5.69. The quantitative estimate of drug-likeness (QED) is 0.658. The third kappa shape index (κ3) is 3.20. The number of carboxylic acids is 2. The SMILES string of the molecule is CC1=C(C(=O)O)C(c2c(F)cccc2Cl)(C2CCCC2)C(C(=O)O)=C(C)N1CCF. The summed E-state index contributed by atoms with van der Waals surface area (Å²) in [5, 5.41) is 20.5. The van der Waals surface area contributed by atoms with Crippen LogP contribution in [-0.4, -0.2) is 40.3 Å². The van der Waals surface area contributed by atoms with Gasteiger partial charge >= 0.3 is 11.9 Å². The van der Waals surface area contributed by atoms with E-state index in [-0.39, 0.29) is 39.7 Å². The lowest BCUT2D eigenvalue weighted by atomic mass is 9.58. The second-order valence-corrected chi connectivity index (χ2v) is 8.16. The highest BCUT2D eigenvalue weighted by atomic mass is 35.5. The van der Waals surface area contributed by atoms with E-state index in [1.165, 1.54) is 30.9 Å². The molecule has 30 heavy (non-hydrogen) atoms. The summed E-state index contributed by atoms with van der Waals surface area (Å²) in [5.41, 5.74) is -2.01. The highest BCUT2D eigenvalue weighted by Gasteiger charge is 2.58.